The molecular formula is C12H15N7O. The molecule has 8 nitrogen and oxygen atoms in total. The lowest BCUT2D eigenvalue weighted by Crippen LogP contribution is -2.11. The molecule has 0 saturated carbocycles. The molecule has 3 heterocycles. The Balaban J connectivity index is 1.78. The van der Waals surface area contributed by atoms with Crippen LogP contribution in [0.5, 0.6) is 0 Å². The molecule has 0 bridgehead atoms. The molecule has 0 aliphatic carbocycles. The van der Waals surface area contributed by atoms with E-state index in [0.29, 0.717) is 18.8 Å². The highest BCUT2D eigenvalue weighted by atomic mass is 16.1. The van der Waals surface area contributed by atoms with Crippen LogP contribution in [0.2, 0.25) is 0 Å². The van der Waals surface area contributed by atoms with Crippen LogP contribution < -0.4 is 11.0 Å². The molecule has 0 aliphatic heterocycles. The normalized spacial score (nSPS) is 11.1. The van der Waals surface area contributed by atoms with Crippen LogP contribution in [0.1, 0.15) is 17.2 Å². The van der Waals surface area contributed by atoms with Crippen molar-refractivity contribution in [2.45, 2.75) is 20.3 Å². The fourth-order valence-electron chi connectivity index (χ4n) is 2.07. The summed E-state index contributed by atoms with van der Waals surface area (Å²) in [4.78, 5) is 18.0. The molecule has 0 radical (unpaired) electrons. The molecule has 0 saturated heterocycles. The number of fused-ring (bicyclic) bond motifs is 1. The van der Waals surface area contributed by atoms with Crippen LogP contribution in [-0.4, -0.2) is 36.3 Å². The van der Waals surface area contributed by atoms with Crippen molar-refractivity contribution in [1.82, 2.24) is 29.8 Å². The molecule has 0 fully saturated rings. The Morgan fingerprint density at radius 1 is 1.30 bits per heavy atom. The minimum absolute atomic E-state index is 0.287. The molecular weight excluding hydrogens is 258 g/mol. The van der Waals surface area contributed by atoms with E-state index in [2.05, 4.69) is 30.6 Å². The number of rotatable bonds is 4. The van der Waals surface area contributed by atoms with Crippen LogP contribution in [0, 0.1) is 13.8 Å². The van der Waals surface area contributed by atoms with Gasteiger partial charge in [-0.2, -0.15) is 14.7 Å². The number of hydrogen-bond acceptors (Lipinski definition) is 5. The third kappa shape index (κ3) is 2.40. The van der Waals surface area contributed by atoms with Gasteiger partial charge in [0.15, 0.2) is 5.65 Å². The Morgan fingerprint density at radius 2 is 2.15 bits per heavy atom. The standard InChI is InChI=1S/C12H15N7O/c1-7-5-10(19-11(14-7)6-8(2)18-19)13-4-3-9-15-12(20)17-16-9/h5-6,13H,3-4H2,1-2H3,(H2,15,16,17,20). The van der Waals surface area contributed by atoms with E-state index in [9.17, 15) is 4.79 Å². The van der Waals surface area contributed by atoms with Gasteiger partial charge in [0, 0.05) is 30.8 Å². The zero-order valence-corrected chi connectivity index (χ0v) is 11.3. The lowest BCUT2D eigenvalue weighted by atomic mass is 10.3. The number of aromatic nitrogens is 6. The van der Waals surface area contributed by atoms with Gasteiger partial charge in [-0.1, -0.05) is 0 Å². The Morgan fingerprint density at radius 3 is 2.90 bits per heavy atom. The third-order valence-electron chi connectivity index (χ3n) is 2.90. The number of nitrogens with zero attached hydrogens (tertiary/aromatic N) is 4. The maximum Gasteiger partial charge on any atom is 0.340 e. The molecule has 20 heavy (non-hydrogen) atoms. The Kier molecular flexibility index (Phi) is 2.97. The Hall–Kier alpha value is -2.64. The molecule has 0 amide bonds. The van der Waals surface area contributed by atoms with Crippen LogP contribution in [0.15, 0.2) is 16.9 Å². The van der Waals surface area contributed by atoms with Gasteiger partial charge in [-0.05, 0) is 13.8 Å². The lowest BCUT2D eigenvalue weighted by Gasteiger charge is -2.08. The number of aromatic amines is 2. The zero-order valence-electron chi connectivity index (χ0n) is 11.3. The predicted octanol–water partition coefficient (Wildman–Crippen LogP) is 0.412. The summed E-state index contributed by atoms with van der Waals surface area (Å²) in [5.74, 6) is 1.50. The summed E-state index contributed by atoms with van der Waals surface area (Å²) in [6.45, 7) is 4.51. The van der Waals surface area contributed by atoms with Crippen molar-refractivity contribution in [2.75, 3.05) is 11.9 Å². The smallest absolute Gasteiger partial charge is 0.340 e. The van der Waals surface area contributed by atoms with E-state index < -0.39 is 0 Å². The first-order valence-corrected chi connectivity index (χ1v) is 6.33. The van der Waals surface area contributed by atoms with Gasteiger partial charge >= 0.3 is 5.69 Å². The SMILES string of the molecule is Cc1cc(NCCc2n[nH]c(=O)[nH]2)n2nc(C)cc2n1. The summed E-state index contributed by atoms with van der Waals surface area (Å²) in [7, 11) is 0. The minimum Gasteiger partial charge on any atom is -0.369 e. The van der Waals surface area contributed by atoms with Gasteiger partial charge in [0.1, 0.15) is 11.6 Å². The van der Waals surface area contributed by atoms with Crippen LogP contribution in [0.3, 0.4) is 0 Å². The zero-order chi connectivity index (χ0) is 14.1. The van der Waals surface area contributed by atoms with Gasteiger partial charge in [0.2, 0.25) is 0 Å². The Labute approximate surface area is 114 Å². The van der Waals surface area contributed by atoms with E-state index in [4.69, 9.17) is 0 Å². The number of anilines is 1. The van der Waals surface area contributed by atoms with E-state index >= 15 is 0 Å². The fourth-order valence-corrected chi connectivity index (χ4v) is 2.07. The molecule has 3 rings (SSSR count). The van der Waals surface area contributed by atoms with Gasteiger partial charge in [0.05, 0.1) is 5.69 Å². The average molecular weight is 273 g/mol. The summed E-state index contributed by atoms with van der Waals surface area (Å²) in [5, 5.41) is 13.9. The first kappa shape index (κ1) is 12.4. The van der Waals surface area contributed by atoms with Crippen LogP contribution in [-0.2, 0) is 6.42 Å². The van der Waals surface area contributed by atoms with E-state index in [1.54, 1.807) is 4.52 Å². The van der Waals surface area contributed by atoms with Gasteiger partial charge in [-0.15, -0.1) is 0 Å². The number of aryl methyl sites for hydroxylation is 2. The maximum atomic E-state index is 10.9. The van der Waals surface area contributed by atoms with Gasteiger partial charge < -0.3 is 5.32 Å². The summed E-state index contributed by atoms with van der Waals surface area (Å²) < 4.78 is 1.77. The molecule has 0 unspecified atom stereocenters. The van der Waals surface area contributed by atoms with Crippen molar-refractivity contribution in [3.05, 3.63) is 39.8 Å². The highest BCUT2D eigenvalue weighted by Crippen LogP contribution is 2.13. The Bertz CT molecular complexity index is 798. The van der Waals surface area contributed by atoms with E-state index in [1.165, 1.54) is 0 Å². The third-order valence-corrected chi connectivity index (χ3v) is 2.90. The van der Waals surface area contributed by atoms with Crippen LogP contribution >= 0.6 is 0 Å². The molecule has 8 heteroatoms. The van der Waals surface area contributed by atoms with Crippen molar-refractivity contribution >= 4 is 11.5 Å². The summed E-state index contributed by atoms with van der Waals surface area (Å²) in [5.41, 5.74) is 2.37. The first-order valence-electron chi connectivity index (χ1n) is 6.33. The average Bonchev–Trinajstić information content (AvgIpc) is 2.94. The van der Waals surface area contributed by atoms with Crippen LogP contribution in [0.25, 0.3) is 5.65 Å². The number of hydrogen-bond donors (Lipinski definition) is 3. The van der Waals surface area contributed by atoms with Crippen molar-refractivity contribution in [2.24, 2.45) is 0 Å². The molecule has 0 aliphatic rings. The highest BCUT2D eigenvalue weighted by molar-refractivity contribution is 5.50. The van der Waals surface area contributed by atoms with Crippen molar-refractivity contribution < 1.29 is 0 Å². The largest absolute Gasteiger partial charge is 0.369 e. The summed E-state index contributed by atoms with van der Waals surface area (Å²) in [6, 6.07) is 3.87. The van der Waals surface area contributed by atoms with E-state index in [1.807, 2.05) is 26.0 Å². The molecule has 0 atom stereocenters. The second kappa shape index (κ2) is 4.80. The molecule has 3 aromatic heterocycles. The fraction of sp³-hybridized carbons (Fsp3) is 0.333. The number of H-pyrrole nitrogens is 2. The molecule has 0 aromatic carbocycles. The number of nitrogens with one attached hydrogen (secondary N) is 3. The minimum atomic E-state index is -0.287. The molecule has 0 spiro atoms. The lowest BCUT2D eigenvalue weighted by molar-refractivity contribution is 0.865. The van der Waals surface area contributed by atoms with E-state index in [-0.39, 0.29) is 5.69 Å². The molecule has 3 aromatic rings. The quantitative estimate of drug-likeness (QED) is 0.639. The second-order valence-electron chi connectivity index (χ2n) is 4.64. The second-order valence-corrected chi connectivity index (χ2v) is 4.64. The van der Waals surface area contributed by atoms with Crippen molar-refractivity contribution in [3.63, 3.8) is 0 Å². The summed E-state index contributed by atoms with van der Waals surface area (Å²) in [6.07, 6.45) is 0.613. The first-order chi connectivity index (χ1) is 9.61. The summed E-state index contributed by atoms with van der Waals surface area (Å²) >= 11 is 0. The topological polar surface area (TPSA) is 104 Å². The van der Waals surface area contributed by atoms with Gasteiger partial charge in [-0.3, -0.25) is 4.98 Å². The monoisotopic (exact) mass is 273 g/mol. The van der Waals surface area contributed by atoms with Crippen LogP contribution in [0.4, 0.5) is 5.82 Å². The predicted molar refractivity (Wildman–Crippen MR) is 73.9 cm³/mol. The maximum absolute atomic E-state index is 10.9. The van der Waals surface area contributed by atoms with Crippen molar-refractivity contribution in [3.8, 4) is 0 Å². The van der Waals surface area contributed by atoms with Gasteiger partial charge in [-0.25, -0.2) is 14.9 Å². The van der Waals surface area contributed by atoms with Gasteiger partial charge in [0.25, 0.3) is 0 Å². The van der Waals surface area contributed by atoms with Crippen molar-refractivity contribution in [1.29, 1.82) is 0 Å². The molecule has 104 valence electrons. The molecule has 3 N–H and O–H groups in total. The van der Waals surface area contributed by atoms with E-state index in [0.717, 1.165) is 22.9 Å². The highest BCUT2D eigenvalue weighted by Gasteiger charge is 2.06.